The third-order valence-corrected chi connectivity index (χ3v) is 0.964. The Morgan fingerprint density at radius 3 is 1.75 bits per heavy atom. The third-order valence-electron chi connectivity index (χ3n) is 0.964. The van der Waals surface area contributed by atoms with Crippen molar-refractivity contribution in [3.05, 3.63) is 0 Å². The van der Waals surface area contributed by atoms with Crippen molar-refractivity contribution in [2.24, 2.45) is 0 Å². The maximum atomic E-state index is 8.22. The molecule has 8 heavy (non-hydrogen) atoms. The van der Waals surface area contributed by atoms with Gasteiger partial charge in [-0.1, -0.05) is 0 Å². The number of hydrogen-bond donors (Lipinski definition) is 0. The van der Waals surface area contributed by atoms with Gasteiger partial charge in [-0.2, -0.15) is 0 Å². The zero-order valence-corrected chi connectivity index (χ0v) is 4.88. The largest absolute Gasteiger partial charge is 0.571 e. The second kappa shape index (κ2) is 2.35. The summed E-state index contributed by atoms with van der Waals surface area (Å²) in [5.74, 6) is 3.51. The molecule has 3 nitrogen and oxygen atoms in total. The molecule has 0 fully saturated rings. The second-order valence-corrected chi connectivity index (χ2v) is 1.69. The summed E-state index contributed by atoms with van der Waals surface area (Å²) in [4.78, 5) is 0. The van der Waals surface area contributed by atoms with Crippen molar-refractivity contribution in [2.45, 2.75) is 6.82 Å². The molecule has 0 atom stereocenters. The summed E-state index contributed by atoms with van der Waals surface area (Å²) in [7, 11) is 1.35. The molecule has 0 aliphatic carbocycles. The van der Waals surface area contributed by atoms with Gasteiger partial charge in [0.1, 0.15) is 0 Å². The van der Waals surface area contributed by atoms with Crippen molar-refractivity contribution in [2.75, 3.05) is 7.11 Å². The molecule has 0 amide bonds. The average molecular weight is 109 g/mol. The number of hydrogen-bond acceptors (Lipinski definition) is 3. The molecule has 0 N–H and O–H groups in total. The highest BCUT2D eigenvalue weighted by atomic mass is 16.4. The average Bonchev–Trinajstić information content (AvgIpc) is 1.87. The van der Waals surface area contributed by atoms with E-state index < -0.39 is 6.35 Å². The Labute approximate surface area is 48.4 Å². The molecule has 0 aromatic carbocycles. The van der Waals surface area contributed by atoms with E-state index in [0.717, 1.165) is 0 Å². The lowest BCUT2D eigenvalue weighted by atomic mass is 9.45. The summed E-state index contributed by atoms with van der Waals surface area (Å²) in [6.45, 7) is 1.47. The molecule has 4 heteroatoms. The van der Waals surface area contributed by atoms with E-state index in [-0.39, 0.29) is 0 Å². The number of nitriles is 2. The van der Waals surface area contributed by atoms with Gasteiger partial charge in [-0.15, -0.1) is 18.8 Å². The van der Waals surface area contributed by atoms with Gasteiger partial charge in [0, 0.05) is 0 Å². The van der Waals surface area contributed by atoms with Crippen molar-refractivity contribution in [3.63, 3.8) is 0 Å². The summed E-state index contributed by atoms with van der Waals surface area (Å²) < 4.78 is 4.58. The summed E-state index contributed by atoms with van der Waals surface area (Å²) >= 11 is 0. The van der Waals surface area contributed by atoms with E-state index in [1.165, 1.54) is 13.9 Å². The van der Waals surface area contributed by atoms with Crippen molar-refractivity contribution >= 4 is 6.35 Å². The van der Waals surface area contributed by atoms with Gasteiger partial charge in [0.05, 0.1) is 0 Å². The molecule has 0 aliphatic heterocycles. The van der Waals surface area contributed by atoms with Gasteiger partial charge in [-0.3, -0.25) is 0 Å². The molecule has 0 bridgehead atoms. The summed E-state index contributed by atoms with van der Waals surface area (Å²) in [5, 5.41) is 16.4. The Kier molecular flexibility index (Phi) is 2.06. The van der Waals surface area contributed by atoms with Crippen LogP contribution in [-0.2, 0) is 4.65 Å². The van der Waals surface area contributed by atoms with Crippen LogP contribution < -0.4 is 0 Å². The fourth-order valence-electron chi connectivity index (χ4n) is 0.134. The molecular formula is C4H6BN2O-. The van der Waals surface area contributed by atoms with Crippen molar-refractivity contribution in [3.8, 4) is 11.9 Å². The van der Waals surface area contributed by atoms with Crippen molar-refractivity contribution in [1.29, 1.82) is 10.5 Å². The van der Waals surface area contributed by atoms with Crippen LogP contribution >= 0.6 is 0 Å². The van der Waals surface area contributed by atoms with Crippen LogP contribution in [0.15, 0.2) is 0 Å². The Hall–Kier alpha value is -0.995. The van der Waals surface area contributed by atoms with E-state index >= 15 is 0 Å². The molecule has 0 saturated carbocycles. The van der Waals surface area contributed by atoms with Gasteiger partial charge in [0.2, 0.25) is 0 Å². The molecule has 0 saturated heterocycles. The highest BCUT2D eigenvalue weighted by molar-refractivity contribution is 6.86. The molecule has 42 valence electrons. The maximum Gasteiger partial charge on any atom is 0.312 e. The first kappa shape index (κ1) is 7.00. The van der Waals surface area contributed by atoms with E-state index in [0.29, 0.717) is 0 Å². The lowest BCUT2D eigenvalue weighted by Gasteiger charge is -2.15. The Morgan fingerprint density at radius 2 is 1.75 bits per heavy atom. The van der Waals surface area contributed by atoms with Gasteiger partial charge < -0.3 is 4.65 Å². The molecule has 0 heterocycles. The van der Waals surface area contributed by atoms with Crippen LogP contribution in [-0.4, -0.2) is 13.5 Å². The smallest absolute Gasteiger partial charge is 0.312 e. The normalized spacial score (nSPS) is 9.50. The van der Waals surface area contributed by atoms with Crippen molar-refractivity contribution in [1.82, 2.24) is 0 Å². The molecule has 0 aromatic heterocycles. The lowest BCUT2D eigenvalue weighted by Crippen LogP contribution is -2.29. The van der Waals surface area contributed by atoms with Crippen LogP contribution in [0.5, 0.6) is 0 Å². The molecule has 0 aliphatic rings. The minimum absolute atomic E-state index is 1.35. The van der Waals surface area contributed by atoms with Crippen LogP contribution in [0.1, 0.15) is 0 Å². The van der Waals surface area contributed by atoms with Crippen molar-refractivity contribution < 1.29 is 4.65 Å². The zero-order chi connectivity index (χ0) is 6.62. The molecule has 0 aromatic rings. The first-order valence-corrected chi connectivity index (χ1v) is 2.25. The Morgan fingerprint density at radius 1 is 1.38 bits per heavy atom. The first-order valence-electron chi connectivity index (χ1n) is 2.25. The van der Waals surface area contributed by atoms with Crippen LogP contribution in [0.2, 0.25) is 6.82 Å². The van der Waals surface area contributed by atoms with Crippen LogP contribution in [0.25, 0.3) is 0 Å². The minimum Gasteiger partial charge on any atom is -0.571 e. The molecular weight excluding hydrogens is 103 g/mol. The number of rotatable bonds is 1. The van der Waals surface area contributed by atoms with E-state index in [2.05, 4.69) is 4.65 Å². The second-order valence-electron chi connectivity index (χ2n) is 1.69. The third kappa shape index (κ3) is 1.25. The standard InChI is InChI=1S/C4H6BN2O/c1-5(3-6,4-7)8-2/h1-2H3/q-1. The Balaban J connectivity index is 4.11. The topological polar surface area (TPSA) is 56.8 Å². The fourth-order valence-corrected chi connectivity index (χ4v) is 0.134. The van der Waals surface area contributed by atoms with Crippen LogP contribution in [0.4, 0.5) is 0 Å². The summed E-state index contributed by atoms with van der Waals surface area (Å²) in [6.07, 6.45) is -1.85. The lowest BCUT2D eigenvalue weighted by molar-refractivity contribution is 0.422. The molecule has 0 radical (unpaired) electrons. The predicted molar refractivity (Wildman–Crippen MR) is 29.9 cm³/mol. The molecule has 0 unspecified atom stereocenters. The summed E-state index contributed by atoms with van der Waals surface area (Å²) in [6, 6.07) is 0. The fraction of sp³-hybridized carbons (Fsp3) is 0.500. The van der Waals surface area contributed by atoms with Gasteiger partial charge in [-0.05, 0) is 7.11 Å². The van der Waals surface area contributed by atoms with E-state index in [9.17, 15) is 0 Å². The van der Waals surface area contributed by atoms with Gasteiger partial charge >= 0.3 is 6.35 Å². The zero-order valence-electron chi connectivity index (χ0n) is 4.88. The highest BCUT2D eigenvalue weighted by Crippen LogP contribution is 1.96. The van der Waals surface area contributed by atoms with E-state index in [1.807, 2.05) is 0 Å². The monoisotopic (exact) mass is 109 g/mol. The maximum absolute atomic E-state index is 8.22. The summed E-state index contributed by atoms with van der Waals surface area (Å²) in [5.41, 5.74) is 0. The quantitative estimate of drug-likeness (QED) is 0.456. The van der Waals surface area contributed by atoms with E-state index in [4.69, 9.17) is 10.5 Å². The minimum atomic E-state index is -1.85. The Bertz CT molecular complexity index is 140. The predicted octanol–water partition coefficient (Wildman–Crippen LogP) is 0.334. The van der Waals surface area contributed by atoms with Gasteiger partial charge in [-0.25, -0.2) is 10.5 Å². The molecule has 0 spiro atoms. The van der Waals surface area contributed by atoms with Crippen LogP contribution in [0, 0.1) is 22.5 Å². The number of nitrogens with zero attached hydrogens (tertiary/aromatic N) is 2. The van der Waals surface area contributed by atoms with Crippen LogP contribution in [0.3, 0.4) is 0 Å². The van der Waals surface area contributed by atoms with Gasteiger partial charge in [0.25, 0.3) is 0 Å². The SMILES string of the molecule is CO[B-](C)(C#N)C#N. The van der Waals surface area contributed by atoms with Gasteiger partial charge in [0.15, 0.2) is 0 Å². The highest BCUT2D eigenvalue weighted by Gasteiger charge is 2.15. The molecule has 0 rings (SSSR count). The first-order chi connectivity index (χ1) is 3.68. The van der Waals surface area contributed by atoms with E-state index in [1.54, 1.807) is 11.9 Å².